The first kappa shape index (κ1) is 13.3. The normalized spacial score (nSPS) is 21.7. The summed E-state index contributed by atoms with van der Waals surface area (Å²) in [7, 11) is 0. The molecule has 0 saturated carbocycles. The molecule has 2 unspecified atom stereocenters. The fourth-order valence-corrected chi connectivity index (χ4v) is 2.94. The molecular weight excluding hydrogens is 227 g/mol. The van der Waals surface area contributed by atoms with Crippen molar-refractivity contribution in [3.05, 3.63) is 29.6 Å². The third kappa shape index (κ3) is 2.51. The van der Waals surface area contributed by atoms with Gasteiger partial charge in [0.1, 0.15) is 5.82 Å². The lowest BCUT2D eigenvalue weighted by Crippen LogP contribution is -2.34. The average Bonchev–Trinajstić information content (AvgIpc) is 2.77. The number of rotatable bonds is 3. The van der Waals surface area contributed by atoms with Crippen molar-refractivity contribution < 1.29 is 4.39 Å². The van der Waals surface area contributed by atoms with Gasteiger partial charge >= 0.3 is 0 Å². The number of nitrogens with zero attached hydrogens (tertiary/aromatic N) is 1. The van der Waals surface area contributed by atoms with E-state index in [1.54, 1.807) is 6.07 Å². The zero-order valence-electron chi connectivity index (χ0n) is 11.5. The molecule has 2 atom stereocenters. The Hall–Kier alpha value is -1.09. The van der Waals surface area contributed by atoms with Crippen LogP contribution in [0.15, 0.2) is 18.2 Å². The molecule has 0 radical (unpaired) electrons. The van der Waals surface area contributed by atoms with Crippen LogP contribution in [-0.4, -0.2) is 12.6 Å². The summed E-state index contributed by atoms with van der Waals surface area (Å²) in [5.41, 5.74) is 8.01. The SMILES string of the molecule is CC(N)c1cc(F)ccc1N1CCCC1C(C)C. The standard InChI is InChI=1S/C15H23FN2/c1-10(2)14-5-4-8-18(14)15-7-6-12(16)9-13(15)11(3)17/h6-7,9-11,14H,4-5,8,17H2,1-3H3. The third-order valence-electron chi connectivity index (χ3n) is 3.86. The van der Waals surface area contributed by atoms with Crippen LogP contribution in [-0.2, 0) is 0 Å². The molecule has 0 bridgehead atoms. The molecule has 3 heteroatoms. The molecule has 1 heterocycles. The van der Waals surface area contributed by atoms with Gasteiger partial charge in [0.15, 0.2) is 0 Å². The van der Waals surface area contributed by atoms with E-state index in [0.29, 0.717) is 12.0 Å². The highest BCUT2D eigenvalue weighted by atomic mass is 19.1. The van der Waals surface area contributed by atoms with E-state index in [4.69, 9.17) is 5.73 Å². The van der Waals surface area contributed by atoms with Crippen molar-refractivity contribution in [1.82, 2.24) is 0 Å². The zero-order valence-corrected chi connectivity index (χ0v) is 11.5. The van der Waals surface area contributed by atoms with Gasteiger partial charge in [-0.2, -0.15) is 0 Å². The van der Waals surface area contributed by atoms with Crippen molar-refractivity contribution in [2.24, 2.45) is 11.7 Å². The monoisotopic (exact) mass is 250 g/mol. The van der Waals surface area contributed by atoms with Crippen LogP contribution in [0.4, 0.5) is 10.1 Å². The summed E-state index contributed by atoms with van der Waals surface area (Å²) in [6.07, 6.45) is 2.42. The molecule has 18 heavy (non-hydrogen) atoms. The summed E-state index contributed by atoms with van der Waals surface area (Å²) in [6.45, 7) is 7.46. The lowest BCUT2D eigenvalue weighted by atomic mass is 9.99. The molecule has 0 aliphatic carbocycles. The second-order valence-electron chi connectivity index (χ2n) is 5.64. The highest BCUT2D eigenvalue weighted by Gasteiger charge is 2.29. The van der Waals surface area contributed by atoms with E-state index in [-0.39, 0.29) is 11.9 Å². The number of nitrogens with two attached hydrogens (primary N) is 1. The van der Waals surface area contributed by atoms with Gasteiger partial charge in [-0.1, -0.05) is 13.8 Å². The maximum absolute atomic E-state index is 13.4. The van der Waals surface area contributed by atoms with E-state index >= 15 is 0 Å². The molecule has 1 aromatic rings. The Morgan fingerprint density at radius 3 is 2.67 bits per heavy atom. The summed E-state index contributed by atoms with van der Waals surface area (Å²) in [6, 6.07) is 5.42. The minimum absolute atomic E-state index is 0.135. The third-order valence-corrected chi connectivity index (χ3v) is 3.86. The van der Waals surface area contributed by atoms with Gasteiger partial charge in [-0.15, -0.1) is 0 Å². The molecule has 1 aromatic carbocycles. The lowest BCUT2D eigenvalue weighted by molar-refractivity contribution is 0.490. The first-order valence-corrected chi connectivity index (χ1v) is 6.82. The number of anilines is 1. The molecule has 1 fully saturated rings. The second-order valence-corrected chi connectivity index (χ2v) is 5.64. The van der Waals surface area contributed by atoms with Gasteiger partial charge in [-0.25, -0.2) is 4.39 Å². The lowest BCUT2D eigenvalue weighted by Gasteiger charge is -2.32. The van der Waals surface area contributed by atoms with Crippen LogP contribution < -0.4 is 10.6 Å². The van der Waals surface area contributed by atoms with Gasteiger partial charge in [0.05, 0.1) is 0 Å². The van der Waals surface area contributed by atoms with Crippen molar-refractivity contribution in [2.75, 3.05) is 11.4 Å². The number of hydrogen-bond acceptors (Lipinski definition) is 2. The maximum Gasteiger partial charge on any atom is 0.123 e. The van der Waals surface area contributed by atoms with Gasteiger partial charge in [-0.05, 0) is 49.4 Å². The molecule has 0 amide bonds. The fourth-order valence-electron chi connectivity index (χ4n) is 2.94. The summed E-state index contributed by atoms with van der Waals surface area (Å²) in [5, 5.41) is 0. The topological polar surface area (TPSA) is 29.3 Å². The quantitative estimate of drug-likeness (QED) is 0.890. The molecule has 100 valence electrons. The maximum atomic E-state index is 13.4. The minimum Gasteiger partial charge on any atom is -0.368 e. The van der Waals surface area contributed by atoms with Crippen LogP contribution in [0.25, 0.3) is 0 Å². The van der Waals surface area contributed by atoms with Crippen molar-refractivity contribution in [3.8, 4) is 0 Å². The van der Waals surface area contributed by atoms with Crippen LogP contribution in [0.1, 0.15) is 45.2 Å². The van der Waals surface area contributed by atoms with E-state index in [9.17, 15) is 4.39 Å². The predicted molar refractivity (Wildman–Crippen MR) is 74.2 cm³/mol. The first-order valence-electron chi connectivity index (χ1n) is 6.82. The van der Waals surface area contributed by atoms with Crippen LogP contribution in [0.3, 0.4) is 0 Å². The van der Waals surface area contributed by atoms with Gasteiger partial charge in [0.2, 0.25) is 0 Å². The van der Waals surface area contributed by atoms with Crippen molar-refractivity contribution >= 4 is 5.69 Å². The van der Waals surface area contributed by atoms with Crippen LogP contribution >= 0.6 is 0 Å². The summed E-state index contributed by atoms with van der Waals surface area (Å²) < 4.78 is 13.4. The Balaban J connectivity index is 2.38. The minimum atomic E-state index is -0.202. The first-order chi connectivity index (χ1) is 8.50. The Kier molecular flexibility index (Phi) is 3.91. The van der Waals surface area contributed by atoms with E-state index in [1.165, 1.54) is 18.9 Å². The van der Waals surface area contributed by atoms with Crippen LogP contribution in [0.5, 0.6) is 0 Å². The zero-order chi connectivity index (χ0) is 13.3. The van der Waals surface area contributed by atoms with E-state index < -0.39 is 0 Å². The molecule has 2 rings (SSSR count). The van der Waals surface area contributed by atoms with Crippen LogP contribution in [0.2, 0.25) is 0 Å². The summed E-state index contributed by atoms with van der Waals surface area (Å²) >= 11 is 0. The summed E-state index contributed by atoms with van der Waals surface area (Å²) in [4.78, 5) is 2.41. The molecule has 0 spiro atoms. The molecule has 1 aliphatic rings. The molecule has 2 nitrogen and oxygen atoms in total. The van der Waals surface area contributed by atoms with Crippen molar-refractivity contribution in [1.29, 1.82) is 0 Å². The van der Waals surface area contributed by atoms with Crippen LogP contribution in [0, 0.1) is 11.7 Å². The van der Waals surface area contributed by atoms with E-state index in [0.717, 1.165) is 17.8 Å². The Morgan fingerprint density at radius 2 is 2.06 bits per heavy atom. The highest BCUT2D eigenvalue weighted by Crippen LogP contribution is 2.34. The van der Waals surface area contributed by atoms with Gasteiger partial charge in [-0.3, -0.25) is 0 Å². The average molecular weight is 250 g/mol. The fraction of sp³-hybridized carbons (Fsp3) is 0.600. The Labute approximate surface area is 109 Å². The number of hydrogen-bond donors (Lipinski definition) is 1. The van der Waals surface area contributed by atoms with E-state index in [1.807, 2.05) is 13.0 Å². The largest absolute Gasteiger partial charge is 0.368 e. The predicted octanol–water partition coefficient (Wildman–Crippen LogP) is 3.47. The van der Waals surface area contributed by atoms with Gasteiger partial charge in [0, 0.05) is 24.3 Å². The number of benzene rings is 1. The molecule has 2 N–H and O–H groups in total. The molecular formula is C15H23FN2. The smallest absolute Gasteiger partial charge is 0.123 e. The molecule has 0 aromatic heterocycles. The Morgan fingerprint density at radius 1 is 1.33 bits per heavy atom. The summed E-state index contributed by atoms with van der Waals surface area (Å²) in [5.74, 6) is 0.407. The highest BCUT2D eigenvalue weighted by molar-refractivity contribution is 5.56. The van der Waals surface area contributed by atoms with Crippen molar-refractivity contribution in [3.63, 3.8) is 0 Å². The second kappa shape index (κ2) is 5.27. The van der Waals surface area contributed by atoms with E-state index in [2.05, 4.69) is 18.7 Å². The van der Waals surface area contributed by atoms with Gasteiger partial charge in [0.25, 0.3) is 0 Å². The van der Waals surface area contributed by atoms with Gasteiger partial charge < -0.3 is 10.6 Å². The Bertz CT molecular complexity index is 415. The molecule has 1 aliphatic heterocycles. The number of halogens is 1. The van der Waals surface area contributed by atoms with Crippen molar-refractivity contribution in [2.45, 2.75) is 45.7 Å². The molecule has 1 saturated heterocycles.